The van der Waals surface area contributed by atoms with E-state index >= 15 is 0 Å². The maximum absolute atomic E-state index is 13.6. The number of rotatable bonds is 9. The SMILES string of the molecule is COc1ccc(C(C(=O)NC(C)(C)C)N(Cc2ccco2)C(=O)CNC(=O)OC(C)(C)C)cc1OC. The monoisotopic (exact) mass is 503 g/mol. The normalized spacial score (nSPS) is 12.3. The minimum atomic E-state index is -1.07. The number of hydrogen-bond donors (Lipinski definition) is 2. The highest BCUT2D eigenvalue weighted by Crippen LogP contribution is 2.33. The maximum Gasteiger partial charge on any atom is 0.408 e. The van der Waals surface area contributed by atoms with Crippen molar-refractivity contribution in [2.75, 3.05) is 20.8 Å². The second-order valence-corrected chi connectivity index (χ2v) is 10.2. The first kappa shape index (κ1) is 28.5. The predicted molar refractivity (Wildman–Crippen MR) is 134 cm³/mol. The number of methoxy groups -OCH3 is 2. The van der Waals surface area contributed by atoms with Crippen molar-refractivity contribution in [1.82, 2.24) is 15.5 Å². The van der Waals surface area contributed by atoms with E-state index < -0.39 is 35.1 Å². The van der Waals surface area contributed by atoms with Crippen molar-refractivity contribution in [3.05, 3.63) is 47.9 Å². The summed E-state index contributed by atoms with van der Waals surface area (Å²) in [5.74, 6) is 0.426. The number of hydrogen-bond acceptors (Lipinski definition) is 7. The van der Waals surface area contributed by atoms with Gasteiger partial charge in [0.1, 0.15) is 23.9 Å². The third-order valence-corrected chi connectivity index (χ3v) is 4.79. The van der Waals surface area contributed by atoms with Crippen molar-refractivity contribution in [1.29, 1.82) is 0 Å². The molecule has 0 fully saturated rings. The van der Waals surface area contributed by atoms with E-state index in [1.165, 1.54) is 25.4 Å². The Bertz CT molecular complexity index is 1040. The molecule has 0 aliphatic carbocycles. The van der Waals surface area contributed by atoms with Crippen LogP contribution in [0.5, 0.6) is 11.5 Å². The largest absolute Gasteiger partial charge is 0.493 e. The zero-order valence-corrected chi connectivity index (χ0v) is 22.3. The molecule has 1 aromatic carbocycles. The van der Waals surface area contributed by atoms with Crippen LogP contribution in [0.1, 0.15) is 58.9 Å². The van der Waals surface area contributed by atoms with Gasteiger partial charge in [0.05, 0.1) is 27.0 Å². The first-order valence-electron chi connectivity index (χ1n) is 11.6. The number of carbonyl (C=O) groups excluding carboxylic acids is 3. The summed E-state index contributed by atoms with van der Waals surface area (Å²) >= 11 is 0. The molecule has 0 spiro atoms. The van der Waals surface area contributed by atoms with Crippen LogP contribution < -0.4 is 20.1 Å². The van der Waals surface area contributed by atoms with Crippen molar-refractivity contribution >= 4 is 17.9 Å². The lowest BCUT2D eigenvalue weighted by Crippen LogP contribution is -2.51. The molecule has 36 heavy (non-hydrogen) atoms. The Labute approximate surface area is 212 Å². The van der Waals surface area contributed by atoms with Crippen LogP contribution in [-0.2, 0) is 20.9 Å². The lowest BCUT2D eigenvalue weighted by atomic mass is 10.0. The molecule has 1 atom stereocenters. The minimum Gasteiger partial charge on any atom is -0.493 e. The van der Waals surface area contributed by atoms with Gasteiger partial charge in [-0.2, -0.15) is 0 Å². The Morgan fingerprint density at radius 2 is 1.67 bits per heavy atom. The summed E-state index contributed by atoms with van der Waals surface area (Å²) in [4.78, 5) is 40.6. The summed E-state index contributed by atoms with van der Waals surface area (Å²) in [6, 6.07) is 7.34. The number of alkyl carbamates (subject to hydrolysis) is 1. The van der Waals surface area contributed by atoms with Gasteiger partial charge in [-0.3, -0.25) is 9.59 Å². The number of ether oxygens (including phenoxy) is 3. The fraction of sp³-hybridized carbons (Fsp3) is 0.500. The number of amides is 3. The molecular formula is C26H37N3O7. The Kier molecular flexibility index (Phi) is 9.38. The number of nitrogens with zero attached hydrogens (tertiary/aromatic N) is 1. The van der Waals surface area contributed by atoms with Gasteiger partial charge in [-0.1, -0.05) is 6.07 Å². The van der Waals surface area contributed by atoms with Crippen LogP contribution in [-0.4, -0.2) is 54.7 Å². The second kappa shape index (κ2) is 11.8. The molecule has 0 saturated carbocycles. The van der Waals surface area contributed by atoms with E-state index in [0.29, 0.717) is 22.8 Å². The Morgan fingerprint density at radius 1 is 1.00 bits per heavy atom. The molecule has 10 nitrogen and oxygen atoms in total. The van der Waals surface area contributed by atoms with Crippen molar-refractivity contribution in [3.8, 4) is 11.5 Å². The van der Waals surface area contributed by atoms with Crippen LogP contribution in [0.4, 0.5) is 4.79 Å². The number of carbonyl (C=O) groups is 3. The van der Waals surface area contributed by atoms with Gasteiger partial charge in [-0.05, 0) is 71.4 Å². The highest BCUT2D eigenvalue weighted by atomic mass is 16.6. The van der Waals surface area contributed by atoms with Crippen molar-refractivity contribution < 1.29 is 33.0 Å². The Hall–Kier alpha value is -3.69. The predicted octanol–water partition coefficient (Wildman–Crippen LogP) is 3.81. The van der Waals surface area contributed by atoms with E-state index in [-0.39, 0.29) is 13.1 Å². The molecular weight excluding hydrogens is 466 g/mol. The van der Waals surface area contributed by atoms with E-state index in [4.69, 9.17) is 18.6 Å². The molecule has 2 aromatic rings. The van der Waals surface area contributed by atoms with E-state index in [1.807, 2.05) is 20.8 Å². The van der Waals surface area contributed by atoms with Gasteiger partial charge < -0.3 is 34.2 Å². The molecule has 10 heteroatoms. The zero-order valence-electron chi connectivity index (χ0n) is 22.3. The summed E-state index contributed by atoms with van der Waals surface area (Å²) < 4.78 is 21.5. The fourth-order valence-electron chi connectivity index (χ4n) is 3.39. The van der Waals surface area contributed by atoms with Gasteiger partial charge >= 0.3 is 6.09 Å². The third-order valence-electron chi connectivity index (χ3n) is 4.79. The number of furan rings is 1. The summed E-state index contributed by atoms with van der Waals surface area (Å²) in [5.41, 5.74) is -0.804. The zero-order chi connectivity index (χ0) is 27.1. The summed E-state index contributed by atoms with van der Waals surface area (Å²) in [7, 11) is 3.00. The van der Waals surface area contributed by atoms with Crippen molar-refractivity contribution in [3.63, 3.8) is 0 Å². The molecule has 0 aliphatic rings. The molecule has 2 rings (SSSR count). The van der Waals surface area contributed by atoms with Gasteiger partial charge in [-0.15, -0.1) is 0 Å². The summed E-state index contributed by atoms with van der Waals surface area (Å²) in [6.07, 6.45) is 0.744. The summed E-state index contributed by atoms with van der Waals surface area (Å²) in [6.45, 7) is 10.3. The van der Waals surface area contributed by atoms with Crippen LogP contribution in [0.3, 0.4) is 0 Å². The first-order valence-corrected chi connectivity index (χ1v) is 11.6. The maximum atomic E-state index is 13.6. The molecule has 1 heterocycles. The quantitative estimate of drug-likeness (QED) is 0.534. The van der Waals surface area contributed by atoms with Gasteiger partial charge in [0, 0.05) is 5.54 Å². The Balaban J connectivity index is 2.49. The summed E-state index contributed by atoms with van der Waals surface area (Å²) in [5, 5.41) is 5.42. The molecule has 0 bridgehead atoms. The van der Waals surface area contributed by atoms with Gasteiger partial charge in [0.2, 0.25) is 11.8 Å². The second-order valence-electron chi connectivity index (χ2n) is 10.2. The highest BCUT2D eigenvalue weighted by molar-refractivity contribution is 5.90. The van der Waals surface area contributed by atoms with Gasteiger partial charge in [0.25, 0.3) is 0 Å². The fourth-order valence-corrected chi connectivity index (χ4v) is 3.39. The lowest BCUT2D eigenvalue weighted by molar-refractivity contribution is -0.141. The van der Waals surface area contributed by atoms with E-state index in [9.17, 15) is 14.4 Å². The topological polar surface area (TPSA) is 119 Å². The average Bonchev–Trinajstić information content (AvgIpc) is 3.27. The van der Waals surface area contributed by atoms with Gasteiger partial charge in [0.15, 0.2) is 11.5 Å². The molecule has 3 amide bonds. The third kappa shape index (κ3) is 8.51. The van der Waals surface area contributed by atoms with Crippen LogP contribution in [0.15, 0.2) is 41.0 Å². The van der Waals surface area contributed by atoms with E-state index in [0.717, 1.165) is 0 Å². The molecule has 2 N–H and O–H groups in total. The lowest BCUT2D eigenvalue weighted by Gasteiger charge is -2.33. The molecule has 1 unspecified atom stereocenters. The molecule has 0 aliphatic heterocycles. The smallest absolute Gasteiger partial charge is 0.408 e. The molecule has 0 radical (unpaired) electrons. The van der Waals surface area contributed by atoms with Gasteiger partial charge in [-0.25, -0.2) is 4.79 Å². The Morgan fingerprint density at radius 3 is 2.19 bits per heavy atom. The van der Waals surface area contributed by atoms with Crippen LogP contribution >= 0.6 is 0 Å². The van der Waals surface area contributed by atoms with E-state index in [2.05, 4.69) is 10.6 Å². The van der Waals surface area contributed by atoms with Crippen LogP contribution in [0.25, 0.3) is 0 Å². The van der Waals surface area contributed by atoms with Crippen LogP contribution in [0.2, 0.25) is 0 Å². The molecule has 0 saturated heterocycles. The standard InChI is InChI=1S/C26H37N3O7/c1-25(2,3)28-23(31)22(17-11-12-19(33-7)20(14-17)34-8)29(16-18-10-9-13-35-18)21(30)15-27-24(32)36-26(4,5)6/h9-14,22H,15-16H2,1-8H3,(H,27,32)(H,28,31). The first-order chi connectivity index (χ1) is 16.7. The molecule has 1 aromatic heterocycles. The highest BCUT2D eigenvalue weighted by Gasteiger charge is 2.34. The minimum absolute atomic E-state index is 0.0155. The van der Waals surface area contributed by atoms with Crippen molar-refractivity contribution in [2.24, 2.45) is 0 Å². The number of benzene rings is 1. The number of nitrogens with one attached hydrogen (secondary N) is 2. The van der Waals surface area contributed by atoms with E-state index in [1.54, 1.807) is 51.1 Å². The van der Waals surface area contributed by atoms with Crippen molar-refractivity contribution in [2.45, 2.75) is 65.3 Å². The molecule has 198 valence electrons. The average molecular weight is 504 g/mol. The van der Waals surface area contributed by atoms with Crippen LogP contribution in [0, 0.1) is 0 Å².